The van der Waals surface area contributed by atoms with Crippen molar-refractivity contribution in [1.82, 2.24) is 9.96 Å². The van der Waals surface area contributed by atoms with Gasteiger partial charge in [-0.05, 0) is 11.8 Å². The van der Waals surface area contributed by atoms with Crippen molar-refractivity contribution in [3.63, 3.8) is 0 Å². The number of rotatable bonds is 2. The summed E-state index contributed by atoms with van der Waals surface area (Å²) in [7, 11) is 2.97. The molecular weight excluding hydrogens is 236 g/mol. The van der Waals surface area contributed by atoms with Gasteiger partial charge in [-0.3, -0.25) is 9.63 Å². The third-order valence-electron chi connectivity index (χ3n) is 3.43. The van der Waals surface area contributed by atoms with Crippen LogP contribution in [0.1, 0.15) is 27.2 Å². The van der Waals surface area contributed by atoms with Crippen molar-refractivity contribution in [2.45, 2.75) is 33.2 Å². The fourth-order valence-corrected chi connectivity index (χ4v) is 2.66. The topological polar surface area (TPSA) is 70.1 Å². The van der Waals surface area contributed by atoms with Gasteiger partial charge in [-0.1, -0.05) is 20.8 Å². The molecule has 0 spiro atoms. The zero-order valence-electron chi connectivity index (χ0n) is 11.6. The highest BCUT2D eigenvalue weighted by Gasteiger charge is 2.47. The van der Waals surface area contributed by atoms with Gasteiger partial charge in [-0.25, -0.2) is 9.86 Å². The summed E-state index contributed by atoms with van der Waals surface area (Å²) in [6.07, 6.45) is -0.425. The molecule has 1 fully saturated rings. The summed E-state index contributed by atoms with van der Waals surface area (Å²) in [5.41, 5.74) is -0.288. The Kier molecular flexibility index (Phi) is 4.21. The number of carbonyl (C=O) groups excluding carboxylic acids is 1. The van der Waals surface area contributed by atoms with Crippen molar-refractivity contribution >= 4 is 12.0 Å². The van der Waals surface area contributed by atoms with Crippen LogP contribution in [0.2, 0.25) is 0 Å². The van der Waals surface area contributed by atoms with E-state index in [4.69, 9.17) is 4.84 Å². The molecule has 18 heavy (non-hydrogen) atoms. The maximum Gasteiger partial charge on any atom is 0.407 e. The Bertz CT molecular complexity index is 337. The zero-order valence-corrected chi connectivity index (χ0v) is 11.6. The molecule has 1 saturated heterocycles. The Labute approximate surface area is 107 Å². The maximum absolute atomic E-state index is 12.2. The van der Waals surface area contributed by atoms with Gasteiger partial charge in [0, 0.05) is 13.6 Å². The second-order valence-corrected chi connectivity index (χ2v) is 5.70. The molecule has 1 heterocycles. The van der Waals surface area contributed by atoms with Crippen LogP contribution in [0.4, 0.5) is 4.79 Å². The van der Waals surface area contributed by atoms with Crippen LogP contribution in [0, 0.1) is 11.3 Å². The largest absolute Gasteiger partial charge is 0.465 e. The first-order chi connectivity index (χ1) is 8.20. The first kappa shape index (κ1) is 14.8. The molecule has 2 unspecified atom stereocenters. The molecule has 0 aromatic carbocycles. The van der Waals surface area contributed by atoms with E-state index in [1.165, 1.54) is 17.1 Å². The third-order valence-corrected chi connectivity index (χ3v) is 3.43. The Balaban J connectivity index is 2.99. The molecular formula is C12H22N2O4. The number of hydrogen-bond acceptors (Lipinski definition) is 3. The lowest BCUT2D eigenvalue weighted by atomic mass is 9.79. The lowest BCUT2D eigenvalue weighted by Gasteiger charge is -2.37. The first-order valence-electron chi connectivity index (χ1n) is 6.01. The minimum atomic E-state index is -0.967. The minimum Gasteiger partial charge on any atom is -0.465 e. The molecule has 2 amide bonds. The van der Waals surface area contributed by atoms with Crippen molar-refractivity contribution in [2.75, 3.05) is 20.7 Å². The van der Waals surface area contributed by atoms with Crippen molar-refractivity contribution in [2.24, 2.45) is 11.3 Å². The molecule has 0 aromatic rings. The molecule has 0 saturated carbocycles. The van der Waals surface area contributed by atoms with E-state index in [2.05, 4.69) is 0 Å². The molecule has 1 aliphatic rings. The van der Waals surface area contributed by atoms with Gasteiger partial charge in [0.2, 0.25) is 0 Å². The summed E-state index contributed by atoms with van der Waals surface area (Å²) in [6, 6.07) is -0.319. The van der Waals surface area contributed by atoms with E-state index < -0.39 is 6.09 Å². The molecule has 0 aromatic heterocycles. The number of carboxylic acid groups (broad SMARTS) is 1. The number of carbonyl (C=O) groups is 2. The first-order valence-corrected chi connectivity index (χ1v) is 6.01. The van der Waals surface area contributed by atoms with Crippen molar-refractivity contribution in [3.05, 3.63) is 0 Å². The lowest BCUT2D eigenvalue weighted by Crippen LogP contribution is -2.49. The van der Waals surface area contributed by atoms with Gasteiger partial charge in [0.05, 0.1) is 19.1 Å². The quantitative estimate of drug-likeness (QED) is 0.760. The van der Waals surface area contributed by atoms with Gasteiger partial charge >= 0.3 is 6.09 Å². The summed E-state index contributed by atoms with van der Waals surface area (Å²) in [5.74, 6) is -0.507. The molecule has 1 rings (SSSR count). The molecule has 104 valence electrons. The second-order valence-electron chi connectivity index (χ2n) is 5.70. The summed E-state index contributed by atoms with van der Waals surface area (Å²) >= 11 is 0. The highest BCUT2D eigenvalue weighted by molar-refractivity contribution is 5.80. The predicted octanol–water partition coefficient (Wildman–Crippen LogP) is 1.42. The van der Waals surface area contributed by atoms with Gasteiger partial charge < -0.3 is 10.0 Å². The Morgan fingerprint density at radius 3 is 2.33 bits per heavy atom. The average molecular weight is 258 g/mol. The highest BCUT2D eigenvalue weighted by Crippen LogP contribution is 2.37. The monoisotopic (exact) mass is 258 g/mol. The fraction of sp³-hybridized carbons (Fsp3) is 0.833. The minimum absolute atomic E-state index is 0.166. The van der Waals surface area contributed by atoms with E-state index >= 15 is 0 Å². The lowest BCUT2D eigenvalue weighted by molar-refractivity contribution is -0.175. The number of likely N-dealkylation sites (tertiary alicyclic amines) is 1. The van der Waals surface area contributed by atoms with Gasteiger partial charge in [0.15, 0.2) is 0 Å². The van der Waals surface area contributed by atoms with E-state index in [0.717, 1.165) is 0 Å². The van der Waals surface area contributed by atoms with E-state index in [9.17, 15) is 14.7 Å². The van der Waals surface area contributed by atoms with Gasteiger partial charge in [0.1, 0.15) is 0 Å². The third kappa shape index (κ3) is 2.75. The molecule has 6 heteroatoms. The SMILES string of the molecule is CON(C)C(=O)C1CCN(C(=O)O)C1C(C)(C)C. The summed E-state index contributed by atoms with van der Waals surface area (Å²) in [6.45, 7) is 6.25. The van der Waals surface area contributed by atoms with Crippen LogP contribution in [0.3, 0.4) is 0 Å². The van der Waals surface area contributed by atoms with Crippen LogP contribution in [0.15, 0.2) is 0 Å². The zero-order chi connectivity index (χ0) is 14.1. The van der Waals surface area contributed by atoms with Crippen LogP contribution >= 0.6 is 0 Å². The van der Waals surface area contributed by atoms with E-state index in [1.54, 1.807) is 7.05 Å². The van der Waals surface area contributed by atoms with Crippen LogP contribution in [0.5, 0.6) is 0 Å². The molecule has 0 radical (unpaired) electrons. The summed E-state index contributed by atoms with van der Waals surface area (Å²) in [4.78, 5) is 29.7. The molecule has 0 bridgehead atoms. The smallest absolute Gasteiger partial charge is 0.407 e. The van der Waals surface area contributed by atoms with Crippen LogP contribution in [-0.2, 0) is 9.63 Å². The molecule has 2 atom stereocenters. The molecule has 0 aliphatic carbocycles. The highest BCUT2D eigenvalue weighted by atomic mass is 16.7. The summed E-state index contributed by atoms with van der Waals surface area (Å²) in [5, 5.41) is 10.4. The van der Waals surface area contributed by atoms with E-state index in [0.29, 0.717) is 13.0 Å². The van der Waals surface area contributed by atoms with Crippen LogP contribution < -0.4 is 0 Å². The van der Waals surface area contributed by atoms with E-state index in [1.807, 2.05) is 20.8 Å². The van der Waals surface area contributed by atoms with Crippen molar-refractivity contribution in [1.29, 1.82) is 0 Å². The van der Waals surface area contributed by atoms with Crippen LogP contribution in [-0.4, -0.2) is 53.8 Å². The number of hydroxylamine groups is 2. The molecule has 1 N–H and O–H groups in total. The predicted molar refractivity (Wildman–Crippen MR) is 65.9 cm³/mol. The number of nitrogens with zero attached hydrogens (tertiary/aromatic N) is 2. The van der Waals surface area contributed by atoms with E-state index in [-0.39, 0.29) is 23.3 Å². The van der Waals surface area contributed by atoms with Gasteiger partial charge in [-0.2, -0.15) is 0 Å². The number of hydrogen-bond donors (Lipinski definition) is 1. The van der Waals surface area contributed by atoms with Gasteiger partial charge in [-0.15, -0.1) is 0 Å². The molecule has 6 nitrogen and oxygen atoms in total. The normalized spacial score (nSPS) is 24.2. The van der Waals surface area contributed by atoms with Gasteiger partial charge in [0.25, 0.3) is 5.91 Å². The van der Waals surface area contributed by atoms with Crippen molar-refractivity contribution in [3.8, 4) is 0 Å². The Hall–Kier alpha value is -1.30. The Morgan fingerprint density at radius 1 is 1.39 bits per heavy atom. The fourth-order valence-electron chi connectivity index (χ4n) is 2.66. The van der Waals surface area contributed by atoms with Crippen molar-refractivity contribution < 1.29 is 19.5 Å². The molecule has 1 aliphatic heterocycles. The average Bonchev–Trinajstić information content (AvgIpc) is 2.71. The Morgan fingerprint density at radius 2 is 1.94 bits per heavy atom. The second kappa shape index (κ2) is 5.14. The summed E-state index contributed by atoms with van der Waals surface area (Å²) < 4.78 is 0. The standard InChI is InChI=1S/C12H22N2O4/c1-12(2,3)9-8(10(15)13(4)18-5)6-7-14(9)11(16)17/h8-9H,6-7H2,1-5H3,(H,16,17). The maximum atomic E-state index is 12.2. The number of amides is 2. The van der Waals surface area contributed by atoms with Crippen LogP contribution in [0.25, 0.3) is 0 Å².